The molecule has 1 aliphatic rings. The maximum atomic E-state index is 12.9. The second-order valence-electron chi connectivity index (χ2n) is 5.97. The van der Waals surface area contributed by atoms with E-state index < -0.39 is 5.54 Å². The highest BCUT2D eigenvalue weighted by Crippen LogP contribution is 2.31. The summed E-state index contributed by atoms with van der Waals surface area (Å²) in [6, 6.07) is 10.9. The molecule has 25 heavy (non-hydrogen) atoms. The Morgan fingerprint density at radius 1 is 1.16 bits per heavy atom. The van der Waals surface area contributed by atoms with E-state index in [4.69, 9.17) is 0 Å². The summed E-state index contributed by atoms with van der Waals surface area (Å²) >= 11 is 3.13. The monoisotopic (exact) mass is 369 g/mol. The van der Waals surface area contributed by atoms with Gasteiger partial charge in [-0.2, -0.15) is 11.3 Å². The van der Waals surface area contributed by atoms with Gasteiger partial charge in [0.15, 0.2) is 0 Å². The Hall–Kier alpha value is -2.51. The molecule has 1 atom stereocenters. The van der Waals surface area contributed by atoms with E-state index in [9.17, 15) is 9.59 Å². The summed E-state index contributed by atoms with van der Waals surface area (Å²) in [7, 11) is 0. The zero-order valence-electron chi connectivity index (χ0n) is 13.4. The molecule has 0 aliphatic carbocycles. The van der Waals surface area contributed by atoms with Crippen molar-refractivity contribution in [2.75, 3.05) is 0 Å². The normalized spacial score (nSPS) is 20.1. The van der Waals surface area contributed by atoms with E-state index in [2.05, 4.69) is 10.3 Å². The Bertz CT molecular complexity index is 921. The maximum absolute atomic E-state index is 12.9. The second-order valence-corrected chi connectivity index (χ2v) is 7.61. The standard InChI is InChI=1S/C18H15N3O2S2/c1-18(13-5-3-2-4-6-13)16(22)21(17(23)20-18)9-14-11-25-15(19-14)12-7-8-24-10-12/h2-8,10-11H,9H2,1H3,(H,20,23). The number of nitrogens with one attached hydrogen (secondary N) is 1. The van der Waals surface area contributed by atoms with Gasteiger partial charge in [-0.1, -0.05) is 30.3 Å². The van der Waals surface area contributed by atoms with Crippen molar-refractivity contribution in [1.82, 2.24) is 15.2 Å². The lowest BCUT2D eigenvalue weighted by atomic mass is 9.92. The number of imide groups is 1. The van der Waals surface area contributed by atoms with Crippen molar-refractivity contribution in [2.24, 2.45) is 0 Å². The lowest BCUT2D eigenvalue weighted by Gasteiger charge is -2.21. The van der Waals surface area contributed by atoms with Crippen LogP contribution in [0.5, 0.6) is 0 Å². The van der Waals surface area contributed by atoms with Crippen LogP contribution in [0.1, 0.15) is 18.2 Å². The first-order valence-corrected chi connectivity index (χ1v) is 9.57. The molecule has 126 valence electrons. The van der Waals surface area contributed by atoms with Gasteiger partial charge in [-0.3, -0.25) is 9.69 Å². The molecule has 0 spiro atoms. The van der Waals surface area contributed by atoms with E-state index >= 15 is 0 Å². The highest BCUT2D eigenvalue weighted by Gasteiger charge is 2.48. The van der Waals surface area contributed by atoms with Crippen LogP contribution in [0, 0.1) is 0 Å². The molecule has 1 aliphatic heterocycles. The molecule has 4 rings (SSSR count). The highest BCUT2D eigenvalue weighted by molar-refractivity contribution is 7.14. The number of benzene rings is 1. The number of hydrogen-bond donors (Lipinski definition) is 1. The van der Waals surface area contributed by atoms with E-state index in [0.717, 1.165) is 16.1 Å². The molecule has 7 heteroatoms. The Labute approximate surface area is 152 Å². The Morgan fingerprint density at radius 2 is 1.96 bits per heavy atom. The molecule has 0 saturated carbocycles. The quantitative estimate of drug-likeness (QED) is 0.711. The predicted octanol–water partition coefficient (Wildman–Crippen LogP) is 3.84. The van der Waals surface area contributed by atoms with Crippen molar-refractivity contribution in [3.63, 3.8) is 0 Å². The van der Waals surface area contributed by atoms with Gasteiger partial charge in [0, 0.05) is 16.3 Å². The fourth-order valence-electron chi connectivity index (χ4n) is 2.87. The molecule has 2 aromatic heterocycles. The van der Waals surface area contributed by atoms with E-state index in [1.165, 1.54) is 16.2 Å². The minimum Gasteiger partial charge on any atom is -0.319 e. The van der Waals surface area contributed by atoms with Crippen LogP contribution in [-0.4, -0.2) is 21.8 Å². The van der Waals surface area contributed by atoms with Gasteiger partial charge in [0.1, 0.15) is 10.5 Å². The van der Waals surface area contributed by atoms with Crippen molar-refractivity contribution in [3.05, 3.63) is 63.8 Å². The van der Waals surface area contributed by atoms with Gasteiger partial charge < -0.3 is 5.32 Å². The van der Waals surface area contributed by atoms with Gasteiger partial charge in [-0.25, -0.2) is 9.78 Å². The molecule has 1 saturated heterocycles. The summed E-state index contributed by atoms with van der Waals surface area (Å²) in [5, 5.41) is 9.64. The van der Waals surface area contributed by atoms with Gasteiger partial charge in [0.2, 0.25) is 0 Å². The van der Waals surface area contributed by atoms with Crippen molar-refractivity contribution in [3.8, 4) is 10.6 Å². The van der Waals surface area contributed by atoms with Crippen molar-refractivity contribution >= 4 is 34.6 Å². The van der Waals surface area contributed by atoms with E-state index in [1.807, 2.05) is 52.5 Å². The summed E-state index contributed by atoms with van der Waals surface area (Å²) in [6.07, 6.45) is 0. The molecule has 1 aromatic carbocycles. The smallest absolute Gasteiger partial charge is 0.319 e. The number of thiazole rings is 1. The average molecular weight is 369 g/mol. The molecule has 3 heterocycles. The third kappa shape index (κ3) is 2.75. The van der Waals surface area contributed by atoms with Gasteiger partial charge in [-0.15, -0.1) is 11.3 Å². The maximum Gasteiger partial charge on any atom is 0.325 e. The first-order valence-electron chi connectivity index (χ1n) is 7.74. The van der Waals surface area contributed by atoms with Crippen LogP contribution >= 0.6 is 22.7 Å². The van der Waals surface area contributed by atoms with Crippen molar-refractivity contribution in [2.45, 2.75) is 19.0 Å². The first kappa shape index (κ1) is 16.0. The van der Waals surface area contributed by atoms with Gasteiger partial charge in [0.05, 0.1) is 12.2 Å². The van der Waals surface area contributed by atoms with Crippen LogP contribution in [0.4, 0.5) is 4.79 Å². The fourth-order valence-corrected chi connectivity index (χ4v) is 4.39. The minimum absolute atomic E-state index is 0.174. The number of nitrogens with zero attached hydrogens (tertiary/aromatic N) is 2. The lowest BCUT2D eigenvalue weighted by Crippen LogP contribution is -2.40. The summed E-state index contributed by atoms with van der Waals surface area (Å²) in [6.45, 7) is 1.91. The van der Waals surface area contributed by atoms with Crippen LogP contribution in [0.2, 0.25) is 0 Å². The first-order chi connectivity index (χ1) is 12.1. The molecule has 1 fully saturated rings. The zero-order chi connectivity index (χ0) is 17.4. The molecule has 1 N–H and O–H groups in total. The molecule has 0 radical (unpaired) electrons. The fraction of sp³-hybridized carbons (Fsp3) is 0.167. The van der Waals surface area contributed by atoms with Crippen LogP contribution in [0.3, 0.4) is 0 Å². The van der Waals surface area contributed by atoms with Crippen molar-refractivity contribution in [1.29, 1.82) is 0 Å². The lowest BCUT2D eigenvalue weighted by molar-refractivity contribution is -0.131. The summed E-state index contributed by atoms with van der Waals surface area (Å²) in [5.74, 6) is -0.256. The van der Waals surface area contributed by atoms with Crippen LogP contribution in [0.15, 0.2) is 52.5 Å². The highest BCUT2D eigenvalue weighted by atomic mass is 32.1. The summed E-state index contributed by atoms with van der Waals surface area (Å²) < 4.78 is 0. The Kier molecular flexibility index (Phi) is 3.89. The topological polar surface area (TPSA) is 62.3 Å². The number of thiophene rings is 1. The number of carbonyl (C=O) groups is 2. The largest absolute Gasteiger partial charge is 0.325 e. The van der Waals surface area contributed by atoms with E-state index in [1.54, 1.807) is 18.3 Å². The predicted molar refractivity (Wildman–Crippen MR) is 98.3 cm³/mol. The number of aromatic nitrogens is 1. The molecule has 1 unspecified atom stereocenters. The molecular formula is C18H15N3O2S2. The number of hydrogen-bond acceptors (Lipinski definition) is 5. The molecule has 3 aromatic rings. The molecular weight excluding hydrogens is 354 g/mol. The van der Waals surface area contributed by atoms with Gasteiger partial charge >= 0.3 is 6.03 Å². The van der Waals surface area contributed by atoms with Crippen LogP contribution < -0.4 is 5.32 Å². The second kappa shape index (κ2) is 6.09. The summed E-state index contributed by atoms with van der Waals surface area (Å²) in [4.78, 5) is 31.1. The van der Waals surface area contributed by atoms with Crippen LogP contribution in [-0.2, 0) is 16.9 Å². The zero-order valence-corrected chi connectivity index (χ0v) is 15.1. The van der Waals surface area contributed by atoms with Gasteiger partial charge in [0.25, 0.3) is 5.91 Å². The van der Waals surface area contributed by atoms with Crippen LogP contribution in [0.25, 0.3) is 10.6 Å². The third-order valence-electron chi connectivity index (χ3n) is 4.27. The molecule has 5 nitrogen and oxygen atoms in total. The Balaban J connectivity index is 1.57. The average Bonchev–Trinajstić information content (AvgIpc) is 3.34. The molecule has 3 amide bonds. The third-order valence-corrected chi connectivity index (χ3v) is 5.89. The van der Waals surface area contributed by atoms with E-state index in [-0.39, 0.29) is 18.5 Å². The number of urea groups is 1. The SMILES string of the molecule is CC1(c2ccccc2)NC(=O)N(Cc2csc(-c3ccsc3)n2)C1=O. The number of carbonyl (C=O) groups excluding carboxylic acids is 2. The summed E-state index contributed by atoms with van der Waals surface area (Å²) in [5.41, 5.74) is 1.51. The number of rotatable bonds is 4. The van der Waals surface area contributed by atoms with Gasteiger partial charge in [-0.05, 0) is 23.9 Å². The number of amides is 3. The van der Waals surface area contributed by atoms with E-state index in [0.29, 0.717) is 5.69 Å². The minimum atomic E-state index is -1.04. The Morgan fingerprint density at radius 3 is 2.68 bits per heavy atom. The van der Waals surface area contributed by atoms with Crippen molar-refractivity contribution < 1.29 is 9.59 Å². The molecule has 0 bridgehead atoms.